The van der Waals surface area contributed by atoms with Crippen LogP contribution in [0.25, 0.3) is 11.3 Å². The molecule has 0 aliphatic heterocycles. The predicted molar refractivity (Wildman–Crippen MR) is 98.1 cm³/mol. The molecule has 0 radical (unpaired) electrons. The van der Waals surface area contributed by atoms with E-state index in [0.717, 1.165) is 4.34 Å². The van der Waals surface area contributed by atoms with E-state index in [0.29, 0.717) is 16.4 Å². The van der Waals surface area contributed by atoms with Crippen molar-refractivity contribution in [2.45, 2.75) is 16.5 Å². The summed E-state index contributed by atoms with van der Waals surface area (Å²) in [6, 6.07) is 6.22. The van der Waals surface area contributed by atoms with Gasteiger partial charge in [-0.3, -0.25) is 14.9 Å². The number of nitro groups is 1. The molecule has 25 heavy (non-hydrogen) atoms. The molecule has 1 unspecified atom stereocenters. The summed E-state index contributed by atoms with van der Waals surface area (Å²) in [6.07, 6.45) is 0. The number of hydrogen-bond acceptors (Lipinski definition) is 9. The molecule has 0 fully saturated rings. The highest BCUT2D eigenvalue weighted by atomic mass is 32.2. The summed E-state index contributed by atoms with van der Waals surface area (Å²) in [4.78, 5) is 27.0. The van der Waals surface area contributed by atoms with Crippen molar-refractivity contribution in [3.8, 4) is 11.3 Å². The topological polar surface area (TPSA) is 111 Å². The van der Waals surface area contributed by atoms with Crippen LogP contribution in [0.1, 0.15) is 6.92 Å². The number of nitro benzene ring substituents is 1. The number of carbonyl (C=O) groups is 1. The van der Waals surface area contributed by atoms with Crippen LogP contribution in [0, 0.1) is 10.1 Å². The minimum atomic E-state index is -0.453. The molecule has 0 spiro atoms. The number of nitrogens with one attached hydrogen (secondary N) is 1. The first-order valence-electron chi connectivity index (χ1n) is 6.97. The van der Waals surface area contributed by atoms with Crippen LogP contribution in [0.15, 0.2) is 39.5 Å². The van der Waals surface area contributed by atoms with Crippen LogP contribution >= 0.6 is 34.4 Å². The van der Waals surface area contributed by atoms with Gasteiger partial charge in [0.25, 0.3) is 5.69 Å². The third-order valence-corrected chi connectivity index (χ3v) is 5.74. The molecule has 11 heteroatoms. The Hall–Kier alpha value is -2.37. The number of non-ortho nitro benzene ring substituents is 1. The zero-order valence-electron chi connectivity index (χ0n) is 12.8. The van der Waals surface area contributed by atoms with Gasteiger partial charge in [-0.2, -0.15) is 0 Å². The van der Waals surface area contributed by atoms with Crippen molar-refractivity contribution in [1.82, 2.24) is 15.2 Å². The van der Waals surface area contributed by atoms with Crippen molar-refractivity contribution in [3.63, 3.8) is 0 Å². The summed E-state index contributed by atoms with van der Waals surface area (Å²) < 4.78 is 0.721. The van der Waals surface area contributed by atoms with Crippen LogP contribution < -0.4 is 5.32 Å². The third-order valence-electron chi connectivity index (χ3n) is 3.07. The Morgan fingerprint density at radius 2 is 2.24 bits per heavy atom. The number of thiazole rings is 1. The van der Waals surface area contributed by atoms with Gasteiger partial charge in [-0.15, -0.1) is 21.5 Å². The number of aromatic nitrogens is 3. The van der Waals surface area contributed by atoms with Crippen molar-refractivity contribution in [3.05, 3.63) is 45.3 Å². The van der Waals surface area contributed by atoms with Crippen LogP contribution in [0.3, 0.4) is 0 Å². The number of hydrogen-bond donors (Lipinski definition) is 1. The number of carbonyl (C=O) groups excluding carboxylic acids is 1. The summed E-state index contributed by atoms with van der Waals surface area (Å²) in [6.45, 7) is 1.77. The van der Waals surface area contributed by atoms with Crippen molar-refractivity contribution >= 4 is 51.2 Å². The van der Waals surface area contributed by atoms with E-state index in [2.05, 4.69) is 20.5 Å². The zero-order valence-corrected chi connectivity index (χ0v) is 15.2. The SMILES string of the molecule is CC(Sc1nncs1)C(=O)Nc1nc(-c2cccc([N+](=O)[O-])c2)cs1. The highest BCUT2D eigenvalue weighted by molar-refractivity contribution is 8.02. The van der Waals surface area contributed by atoms with Gasteiger partial charge in [0.15, 0.2) is 9.47 Å². The van der Waals surface area contributed by atoms with Gasteiger partial charge in [-0.25, -0.2) is 4.98 Å². The Morgan fingerprint density at radius 1 is 1.40 bits per heavy atom. The van der Waals surface area contributed by atoms with Crippen molar-refractivity contribution in [2.75, 3.05) is 5.32 Å². The maximum Gasteiger partial charge on any atom is 0.270 e. The Kier molecular flexibility index (Phi) is 5.36. The monoisotopic (exact) mass is 393 g/mol. The van der Waals surface area contributed by atoms with Gasteiger partial charge in [0.1, 0.15) is 5.51 Å². The molecule has 0 aliphatic carbocycles. The van der Waals surface area contributed by atoms with E-state index >= 15 is 0 Å². The fraction of sp³-hybridized carbons (Fsp3) is 0.143. The summed E-state index contributed by atoms with van der Waals surface area (Å²) in [7, 11) is 0. The molecule has 1 amide bonds. The summed E-state index contributed by atoms with van der Waals surface area (Å²) in [5.41, 5.74) is 2.81. The van der Waals surface area contributed by atoms with E-state index in [1.165, 1.54) is 46.6 Å². The zero-order chi connectivity index (χ0) is 17.8. The Bertz CT molecular complexity index is 897. The van der Waals surface area contributed by atoms with Crippen LogP contribution in [0.5, 0.6) is 0 Å². The average Bonchev–Trinajstić information content (AvgIpc) is 3.27. The second-order valence-electron chi connectivity index (χ2n) is 4.80. The van der Waals surface area contributed by atoms with Gasteiger partial charge >= 0.3 is 0 Å². The molecule has 1 N–H and O–H groups in total. The summed E-state index contributed by atoms with van der Waals surface area (Å²) in [5, 5.41) is 23.1. The predicted octanol–water partition coefficient (Wildman–Crippen LogP) is 3.69. The molecule has 3 rings (SSSR count). The van der Waals surface area contributed by atoms with Crippen LogP contribution in [-0.2, 0) is 4.79 Å². The largest absolute Gasteiger partial charge is 0.301 e. The first-order valence-corrected chi connectivity index (χ1v) is 9.61. The molecule has 0 saturated heterocycles. The number of thioether (sulfide) groups is 1. The van der Waals surface area contributed by atoms with Crippen molar-refractivity contribution in [1.29, 1.82) is 0 Å². The van der Waals surface area contributed by atoms with Crippen LogP contribution in [0.2, 0.25) is 0 Å². The maximum absolute atomic E-state index is 12.2. The third kappa shape index (κ3) is 4.38. The van der Waals surface area contributed by atoms with Gasteiger partial charge in [0.05, 0.1) is 15.9 Å². The fourth-order valence-corrected chi connectivity index (χ4v) is 4.22. The van der Waals surface area contributed by atoms with Crippen LogP contribution in [0.4, 0.5) is 10.8 Å². The molecule has 3 aromatic rings. The number of amides is 1. The molecule has 8 nitrogen and oxygen atoms in total. The lowest BCUT2D eigenvalue weighted by atomic mass is 10.1. The van der Waals surface area contributed by atoms with Gasteiger partial charge in [-0.1, -0.05) is 35.2 Å². The molecule has 0 aliphatic rings. The number of rotatable bonds is 6. The van der Waals surface area contributed by atoms with E-state index in [4.69, 9.17) is 0 Å². The molecule has 128 valence electrons. The standard InChI is InChI=1S/C14H11N5O3S3/c1-8(25-14-18-15-7-24-14)12(20)17-13-16-11(6-23-13)9-3-2-4-10(5-9)19(21)22/h2-8H,1H3,(H,16,17,20). The second-order valence-corrected chi connectivity index (χ2v) is 8.08. The van der Waals surface area contributed by atoms with E-state index in [-0.39, 0.29) is 16.8 Å². The fourth-order valence-electron chi connectivity index (χ4n) is 1.87. The Morgan fingerprint density at radius 3 is 2.96 bits per heavy atom. The lowest BCUT2D eigenvalue weighted by molar-refractivity contribution is -0.384. The normalized spacial score (nSPS) is 11.9. The second kappa shape index (κ2) is 7.68. The molecule has 0 saturated carbocycles. The number of benzene rings is 1. The first-order chi connectivity index (χ1) is 12.0. The Labute approximate surface area is 154 Å². The van der Waals surface area contributed by atoms with E-state index < -0.39 is 4.92 Å². The smallest absolute Gasteiger partial charge is 0.270 e. The molecule has 2 aromatic heterocycles. The minimum absolute atomic E-state index is 0.00170. The van der Waals surface area contributed by atoms with E-state index in [9.17, 15) is 14.9 Å². The van der Waals surface area contributed by atoms with E-state index in [1.807, 2.05) is 0 Å². The van der Waals surface area contributed by atoms with Crippen LogP contribution in [-0.4, -0.2) is 31.3 Å². The van der Waals surface area contributed by atoms with Crippen molar-refractivity contribution in [2.24, 2.45) is 0 Å². The van der Waals surface area contributed by atoms with E-state index in [1.54, 1.807) is 29.9 Å². The average molecular weight is 393 g/mol. The van der Waals surface area contributed by atoms with Gasteiger partial charge in [0.2, 0.25) is 5.91 Å². The minimum Gasteiger partial charge on any atom is -0.301 e. The summed E-state index contributed by atoms with van der Waals surface area (Å²) in [5.74, 6) is -0.194. The number of anilines is 1. The lowest BCUT2D eigenvalue weighted by Crippen LogP contribution is -2.22. The first kappa shape index (κ1) is 17.5. The molecule has 1 atom stereocenters. The lowest BCUT2D eigenvalue weighted by Gasteiger charge is -2.07. The molecule has 2 heterocycles. The van der Waals surface area contributed by atoms with Gasteiger partial charge in [0, 0.05) is 23.1 Å². The maximum atomic E-state index is 12.2. The van der Waals surface area contributed by atoms with Crippen molar-refractivity contribution < 1.29 is 9.72 Å². The summed E-state index contributed by atoms with van der Waals surface area (Å²) >= 11 is 3.96. The van der Waals surface area contributed by atoms with Gasteiger partial charge in [-0.05, 0) is 6.92 Å². The molecule has 0 bridgehead atoms. The molecule has 1 aromatic carbocycles. The van der Waals surface area contributed by atoms with Gasteiger partial charge < -0.3 is 5.32 Å². The molecular weight excluding hydrogens is 382 g/mol. The molecular formula is C14H11N5O3S3. The quantitative estimate of drug-likeness (QED) is 0.386. The Balaban J connectivity index is 1.68. The number of nitrogens with zero attached hydrogens (tertiary/aromatic N) is 4. The highest BCUT2D eigenvalue weighted by Gasteiger charge is 2.18. The highest BCUT2D eigenvalue weighted by Crippen LogP contribution is 2.29.